The Kier molecular flexibility index (Phi) is 13.0. The zero-order chi connectivity index (χ0) is 35.7. The first-order valence-corrected chi connectivity index (χ1v) is 17.9. The van der Waals surface area contributed by atoms with Gasteiger partial charge in [-0.25, -0.2) is 8.42 Å². The number of ether oxygens (including phenoxy) is 2. The monoisotopic (exact) mass is 725 g/mol. The summed E-state index contributed by atoms with van der Waals surface area (Å²) >= 11 is 12.8. The normalized spacial score (nSPS) is 11.9. The van der Waals surface area contributed by atoms with Gasteiger partial charge in [0.15, 0.2) is 11.5 Å². The molecule has 49 heavy (non-hydrogen) atoms. The van der Waals surface area contributed by atoms with Crippen LogP contribution < -0.4 is 19.1 Å². The number of aryl methyl sites for hydroxylation is 1. The average Bonchev–Trinajstić information content (AvgIpc) is 3.08. The van der Waals surface area contributed by atoms with E-state index in [-0.39, 0.29) is 41.1 Å². The molecule has 0 fully saturated rings. The lowest BCUT2D eigenvalue weighted by Gasteiger charge is -2.34. The van der Waals surface area contributed by atoms with Crippen molar-refractivity contribution < 1.29 is 27.5 Å². The number of nitrogens with zero attached hydrogens (tertiary/aromatic N) is 2. The van der Waals surface area contributed by atoms with Gasteiger partial charge in [-0.2, -0.15) is 0 Å². The molecule has 4 aromatic carbocycles. The van der Waals surface area contributed by atoms with E-state index in [0.717, 1.165) is 15.4 Å². The Hall–Kier alpha value is -4.25. The lowest BCUT2D eigenvalue weighted by atomic mass is 10.0. The second-order valence-electron chi connectivity index (χ2n) is 12.0. The summed E-state index contributed by atoms with van der Waals surface area (Å²) in [7, 11) is -1.40. The number of methoxy groups -OCH3 is 2. The molecular weight excluding hydrogens is 685 g/mol. The summed E-state index contributed by atoms with van der Waals surface area (Å²) in [4.78, 5) is 30.0. The number of sulfonamides is 1. The number of halogens is 2. The maximum absolute atomic E-state index is 14.7. The molecule has 0 aliphatic carbocycles. The van der Waals surface area contributed by atoms with Crippen LogP contribution in [0.15, 0.2) is 95.9 Å². The molecule has 0 bridgehead atoms. The molecule has 0 aliphatic rings. The molecule has 0 unspecified atom stereocenters. The first kappa shape index (κ1) is 37.6. The van der Waals surface area contributed by atoms with Gasteiger partial charge in [-0.3, -0.25) is 13.9 Å². The van der Waals surface area contributed by atoms with Crippen molar-refractivity contribution >= 4 is 50.7 Å². The predicted molar refractivity (Wildman–Crippen MR) is 194 cm³/mol. The zero-order valence-corrected chi connectivity index (χ0v) is 30.5. The fourth-order valence-electron chi connectivity index (χ4n) is 5.16. The van der Waals surface area contributed by atoms with Crippen molar-refractivity contribution in [1.29, 1.82) is 0 Å². The number of hydrogen-bond acceptors (Lipinski definition) is 6. The summed E-state index contributed by atoms with van der Waals surface area (Å²) in [5.74, 6) is -0.200. The highest BCUT2D eigenvalue weighted by Crippen LogP contribution is 2.34. The van der Waals surface area contributed by atoms with Crippen LogP contribution in [0.25, 0.3) is 0 Å². The number of nitrogens with one attached hydrogen (secondary N) is 1. The Bertz CT molecular complexity index is 1850. The Morgan fingerprint density at radius 3 is 2.14 bits per heavy atom. The molecule has 0 heterocycles. The second-order valence-corrected chi connectivity index (χ2v) is 14.7. The molecule has 0 aromatic heterocycles. The number of amides is 2. The number of anilines is 1. The minimum Gasteiger partial charge on any atom is -0.493 e. The van der Waals surface area contributed by atoms with E-state index in [9.17, 15) is 18.0 Å². The SMILES string of the molecule is COc1ccc(N(CC(=O)N(Cc2ccc(Cl)cc2Cl)[C@@H](Cc2ccccc2)C(=O)NCC(C)C)S(=O)(=O)c2ccc(C)cc2)cc1OC. The van der Waals surface area contributed by atoms with Crippen LogP contribution in [0.3, 0.4) is 0 Å². The number of rotatable bonds is 15. The minimum absolute atomic E-state index is 0.0107. The molecule has 0 radical (unpaired) electrons. The lowest BCUT2D eigenvalue weighted by Crippen LogP contribution is -2.53. The van der Waals surface area contributed by atoms with Crippen LogP contribution in [0.4, 0.5) is 5.69 Å². The molecule has 2 amide bonds. The van der Waals surface area contributed by atoms with Crippen molar-refractivity contribution in [3.63, 3.8) is 0 Å². The first-order chi connectivity index (χ1) is 23.3. The Morgan fingerprint density at radius 2 is 1.53 bits per heavy atom. The summed E-state index contributed by atoms with van der Waals surface area (Å²) in [5, 5.41) is 3.68. The molecule has 0 aliphatic heterocycles. The van der Waals surface area contributed by atoms with Gasteiger partial charge in [-0.05, 0) is 60.4 Å². The van der Waals surface area contributed by atoms with Crippen molar-refractivity contribution in [1.82, 2.24) is 10.2 Å². The topological polar surface area (TPSA) is 105 Å². The smallest absolute Gasteiger partial charge is 0.264 e. The van der Waals surface area contributed by atoms with Crippen LogP contribution in [-0.4, -0.2) is 58.5 Å². The van der Waals surface area contributed by atoms with E-state index in [4.69, 9.17) is 32.7 Å². The molecule has 0 spiro atoms. The number of carbonyl (C=O) groups excluding carboxylic acids is 2. The van der Waals surface area contributed by atoms with E-state index in [1.165, 1.54) is 43.4 Å². The molecule has 4 rings (SSSR count). The van der Waals surface area contributed by atoms with Crippen molar-refractivity contribution in [2.45, 2.75) is 44.7 Å². The third kappa shape index (κ3) is 9.68. The number of hydrogen-bond donors (Lipinski definition) is 1. The summed E-state index contributed by atoms with van der Waals surface area (Å²) < 4.78 is 40.6. The molecule has 1 N–H and O–H groups in total. The zero-order valence-electron chi connectivity index (χ0n) is 28.2. The maximum Gasteiger partial charge on any atom is 0.264 e. The summed E-state index contributed by atoms with van der Waals surface area (Å²) in [5.41, 5.74) is 2.39. The van der Waals surface area contributed by atoms with Crippen molar-refractivity contribution in [2.24, 2.45) is 5.92 Å². The minimum atomic E-state index is -4.31. The highest BCUT2D eigenvalue weighted by molar-refractivity contribution is 7.92. The Balaban J connectivity index is 1.86. The van der Waals surface area contributed by atoms with Gasteiger partial charge in [-0.1, -0.05) is 91.1 Å². The summed E-state index contributed by atoms with van der Waals surface area (Å²) in [6, 6.07) is 24.2. The van der Waals surface area contributed by atoms with Gasteiger partial charge in [0.1, 0.15) is 12.6 Å². The van der Waals surface area contributed by atoms with Gasteiger partial charge in [0.25, 0.3) is 10.0 Å². The van der Waals surface area contributed by atoms with Gasteiger partial charge < -0.3 is 19.7 Å². The van der Waals surface area contributed by atoms with Crippen LogP contribution in [-0.2, 0) is 32.6 Å². The standard InChI is InChI=1S/C37H41Cl2N3O6S/c1-25(2)22-40-37(44)33(19-27-9-7-6-8-10-27)41(23-28-13-14-29(38)20-32(28)39)36(43)24-42(30-15-18-34(47-4)35(21-30)48-5)49(45,46)31-16-11-26(3)12-17-31/h6-18,20-21,25,33H,19,22-24H2,1-5H3,(H,40,44)/t33-/m0/s1. The molecule has 0 saturated heterocycles. The van der Waals surface area contributed by atoms with Gasteiger partial charge in [0, 0.05) is 35.6 Å². The largest absolute Gasteiger partial charge is 0.493 e. The van der Waals surface area contributed by atoms with Crippen molar-refractivity contribution in [3.05, 3.63) is 118 Å². The predicted octanol–water partition coefficient (Wildman–Crippen LogP) is 6.93. The third-order valence-corrected chi connectivity index (χ3v) is 10.2. The van der Waals surface area contributed by atoms with Crippen molar-refractivity contribution in [3.8, 4) is 11.5 Å². The molecular formula is C37H41Cl2N3O6S. The molecule has 0 saturated carbocycles. The summed E-state index contributed by atoms with van der Waals surface area (Å²) in [6.07, 6.45) is 0.169. The van der Waals surface area contributed by atoms with E-state index < -0.39 is 28.5 Å². The van der Waals surface area contributed by atoms with E-state index >= 15 is 0 Å². The van der Waals surface area contributed by atoms with E-state index in [0.29, 0.717) is 27.9 Å². The van der Waals surface area contributed by atoms with E-state index in [1.54, 1.807) is 36.4 Å². The Labute approximate surface area is 298 Å². The van der Waals surface area contributed by atoms with E-state index in [1.807, 2.05) is 51.1 Å². The molecule has 1 atom stereocenters. The molecule has 4 aromatic rings. The fraction of sp³-hybridized carbons (Fsp3) is 0.297. The van der Waals surface area contributed by atoms with Gasteiger partial charge in [0.2, 0.25) is 11.8 Å². The number of benzene rings is 4. The van der Waals surface area contributed by atoms with Gasteiger partial charge >= 0.3 is 0 Å². The Morgan fingerprint density at radius 1 is 0.857 bits per heavy atom. The lowest BCUT2D eigenvalue weighted by molar-refractivity contribution is -0.140. The number of carbonyl (C=O) groups is 2. The maximum atomic E-state index is 14.7. The van der Waals surface area contributed by atoms with Crippen LogP contribution in [0.1, 0.15) is 30.5 Å². The second kappa shape index (κ2) is 16.9. The third-order valence-electron chi connectivity index (χ3n) is 7.85. The van der Waals surface area contributed by atoms with Crippen LogP contribution in [0.5, 0.6) is 11.5 Å². The fourth-order valence-corrected chi connectivity index (χ4v) is 7.03. The van der Waals surface area contributed by atoms with Crippen LogP contribution in [0, 0.1) is 12.8 Å². The highest BCUT2D eigenvalue weighted by Gasteiger charge is 2.35. The van der Waals surface area contributed by atoms with Gasteiger partial charge in [0.05, 0.1) is 24.8 Å². The van der Waals surface area contributed by atoms with Crippen LogP contribution >= 0.6 is 23.2 Å². The van der Waals surface area contributed by atoms with Crippen molar-refractivity contribution in [2.75, 3.05) is 31.6 Å². The quantitative estimate of drug-likeness (QED) is 0.143. The van der Waals surface area contributed by atoms with Crippen LogP contribution in [0.2, 0.25) is 10.0 Å². The molecule has 12 heteroatoms. The summed E-state index contributed by atoms with van der Waals surface area (Å²) in [6.45, 7) is 5.45. The molecule has 9 nitrogen and oxygen atoms in total. The molecule has 260 valence electrons. The average molecular weight is 727 g/mol. The highest BCUT2D eigenvalue weighted by atomic mass is 35.5. The van der Waals surface area contributed by atoms with Gasteiger partial charge in [-0.15, -0.1) is 0 Å². The van der Waals surface area contributed by atoms with E-state index in [2.05, 4.69) is 5.32 Å². The first-order valence-electron chi connectivity index (χ1n) is 15.7.